The van der Waals surface area contributed by atoms with E-state index in [-0.39, 0.29) is 0 Å². The summed E-state index contributed by atoms with van der Waals surface area (Å²) >= 11 is 0. The number of primary amides is 1. The number of nitrogens with one attached hydrogen (secondary N) is 1. The largest absolute Gasteiger partial charge is 0.370 e. The summed E-state index contributed by atoms with van der Waals surface area (Å²) in [6.07, 6.45) is 9.07. The first-order chi connectivity index (χ1) is 11.7. The molecule has 0 saturated heterocycles. The van der Waals surface area contributed by atoms with E-state index in [4.69, 9.17) is 16.2 Å². The summed E-state index contributed by atoms with van der Waals surface area (Å²) in [5, 5.41) is 6.79. The molecular weight excluding hydrogens is 304 g/mol. The van der Waals surface area contributed by atoms with Gasteiger partial charge in [0.2, 0.25) is 5.91 Å². The number of fused-ring (bicyclic) bond motifs is 1. The van der Waals surface area contributed by atoms with E-state index in [0.29, 0.717) is 6.42 Å². The maximum atomic E-state index is 11.1. The normalized spacial score (nSPS) is 14.2. The summed E-state index contributed by atoms with van der Waals surface area (Å²) < 4.78 is 0. The van der Waals surface area contributed by atoms with E-state index in [1.165, 1.54) is 12.0 Å². The molecule has 0 radical (unpaired) electrons. The van der Waals surface area contributed by atoms with Gasteiger partial charge in [-0.3, -0.25) is 4.79 Å². The molecule has 7 heteroatoms. The second-order valence-corrected chi connectivity index (χ2v) is 6.27. The van der Waals surface area contributed by atoms with E-state index in [2.05, 4.69) is 27.5 Å². The maximum absolute atomic E-state index is 11.1. The van der Waals surface area contributed by atoms with Crippen molar-refractivity contribution in [1.82, 2.24) is 4.98 Å². The third-order valence-corrected chi connectivity index (χ3v) is 4.38. The molecule has 2 rings (SSSR count). The van der Waals surface area contributed by atoms with E-state index in [1.807, 2.05) is 0 Å². The van der Waals surface area contributed by atoms with Crippen molar-refractivity contribution in [3.05, 3.63) is 33.8 Å². The molecule has 1 atom stereocenters. The Balaban J connectivity index is 1.60. The Kier molecular flexibility index (Phi) is 7.36. The highest BCUT2D eigenvalue weighted by Gasteiger charge is 2.12. The highest BCUT2D eigenvalue weighted by atomic mass is 16.1. The lowest BCUT2D eigenvalue weighted by atomic mass is 10.0. The minimum atomic E-state index is -0.706. The van der Waals surface area contributed by atoms with Crippen molar-refractivity contribution in [2.75, 3.05) is 11.9 Å². The summed E-state index contributed by atoms with van der Waals surface area (Å²) in [4.78, 5) is 18.4. The number of anilines is 1. The van der Waals surface area contributed by atoms with Crippen molar-refractivity contribution in [2.24, 2.45) is 10.8 Å². The molecule has 0 saturated carbocycles. The number of pyridine rings is 1. The van der Waals surface area contributed by atoms with Gasteiger partial charge in [-0.05, 0) is 49.3 Å². The molecule has 24 heavy (non-hydrogen) atoms. The van der Waals surface area contributed by atoms with Crippen LogP contribution in [-0.4, -0.2) is 23.5 Å². The minimum Gasteiger partial charge on any atom is -0.370 e. The molecule has 0 fully saturated rings. The van der Waals surface area contributed by atoms with Gasteiger partial charge in [-0.15, -0.1) is 0 Å². The molecule has 130 valence electrons. The summed E-state index contributed by atoms with van der Waals surface area (Å²) in [6.45, 7) is 1.02. The third-order valence-electron chi connectivity index (χ3n) is 4.38. The fraction of sp³-hybridized carbons (Fsp3) is 0.647. The van der Waals surface area contributed by atoms with Crippen LogP contribution < -0.4 is 11.1 Å². The van der Waals surface area contributed by atoms with Crippen molar-refractivity contribution in [3.8, 4) is 0 Å². The SMILES string of the molecule is [N-]=[N+]=N[C@@H](CCCCCCCc1ccc2c(n1)NCCC2)C(N)=O. The molecular formula is C17H26N6O. The molecule has 1 aliphatic heterocycles. The average molecular weight is 330 g/mol. The zero-order valence-electron chi connectivity index (χ0n) is 14.1. The Labute approximate surface area is 142 Å². The molecule has 0 unspecified atom stereocenters. The van der Waals surface area contributed by atoms with Crippen LogP contribution in [0.1, 0.15) is 56.2 Å². The second-order valence-electron chi connectivity index (χ2n) is 6.27. The highest BCUT2D eigenvalue weighted by molar-refractivity contribution is 5.79. The summed E-state index contributed by atoms with van der Waals surface area (Å²) in [7, 11) is 0. The maximum Gasteiger partial charge on any atom is 0.226 e. The number of hydrogen-bond acceptors (Lipinski definition) is 4. The van der Waals surface area contributed by atoms with Crippen molar-refractivity contribution in [3.63, 3.8) is 0 Å². The number of rotatable bonds is 10. The van der Waals surface area contributed by atoms with Crippen molar-refractivity contribution in [2.45, 2.75) is 63.8 Å². The molecule has 0 spiro atoms. The molecule has 1 amide bonds. The van der Waals surface area contributed by atoms with Gasteiger partial charge in [0, 0.05) is 17.2 Å². The van der Waals surface area contributed by atoms with Crippen LogP contribution in [0.15, 0.2) is 17.2 Å². The van der Waals surface area contributed by atoms with Crippen LogP contribution in [0.3, 0.4) is 0 Å². The predicted molar refractivity (Wildman–Crippen MR) is 94.6 cm³/mol. The van der Waals surface area contributed by atoms with Gasteiger partial charge in [0.15, 0.2) is 0 Å². The first-order valence-corrected chi connectivity index (χ1v) is 8.77. The number of unbranched alkanes of at least 4 members (excludes halogenated alkanes) is 4. The lowest BCUT2D eigenvalue weighted by Crippen LogP contribution is -2.26. The van der Waals surface area contributed by atoms with E-state index in [1.54, 1.807) is 0 Å². The van der Waals surface area contributed by atoms with Crippen molar-refractivity contribution < 1.29 is 4.79 Å². The number of aromatic nitrogens is 1. The molecule has 7 nitrogen and oxygen atoms in total. The molecule has 1 aliphatic rings. The number of azide groups is 1. The summed E-state index contributed by atoms with van der Waals surface area (Å²) in [6, 6.07) is 3.63. The van der Waals surface area contributed by atoms with Gasteiger partial charge in [0.05, 0.1) is 0 Å². The Morgan fingerprint density at radius 1 is 1.33 bits per heavy atom. The number of carbonyl (C=O) groups is 1. The zero-order chi connectivity index (χ0) is 17.2. The molecule has 0 aliphatic carbocycles. The Morgan fingerprint density at radius 2 is 2.12 bits per heavy atom. The third kappa shape index (κ3) is 5.74. The summed E-state index contributed by atoms with van der Waals surface area (Å²) in [5.41, 5.74) is 16.0. The lowest BCUT2D eigenvalue weighted by Gasteiger charge is -2.17. The quantitative estimate of drug-likeness (QED) is 0.296. The van der Waals surface area contributed by atoms with Crippen LogP contribution in [0, 0.1) is 0 Å². The lowest BCUT2D eigenvalue weighted by molar-refractivity contribution is -0.119. The monoisotopic (exact) mass is 330 g/mol. The van der Waals surface area contributed by atoms with Gasteiger partial charge in [0.25, 0.3) is 0 Å². The highest BCUT2D eigenvalue weighted by Crippen LogP contribution is 2.20. The van der Waals surface area contributed by atoms with Crippen molar-refractivity contribution in [1.29, 1.82) is 0 Å². The Hall–Kier alpha value is -2.27. The van der Waals surface area contributed by atoms with Gasteiger partial charge in [-0.2, -0.15) is 0 Å². The Morgan fingerprint density at radius 3 is 2.92 bits per heavy atom. The second kappa shape index (κ2) is 9.78. The molecule has 0 aromatic carbocycles. The fourth-order valence-electron chi connectivity index (χ4n) is 3.00. The van der Waals surface area contributed by atoms with Gasteiger partial charge in [-0.25, -0.2) is 4.98 Å². The topological polar surface area (TPSA) is 117 Å². The van der Waals surface area contributed by atoms with Crippen LogP contribution in [0.25, 0.3) is 10.4 Å². The molecule has 3 N–H and O–H groups in total. The number of amides is 1. The summed E-state index contributed by atoms with van der Waals surface area (Å²) in [5.74, 6) is 0.522. The minimum absolute atomic E-state index is 0.539. The number of nitrogens with zero attached hydrogens (tertiary/aromatic N) is 4. The zero-order valence-corrected chi connectivity index (χ0v) is 14.1. The first-order valence-electron chi connectivity index (χ1n) is 8.77. The van der Waals surface area contributed by atoms with Crippen LogP contribution in [0.2, 0.25) is 0 Å². The van der Waals surface area contributed by atoms with Crippen LogP contribution in [-0.2, 0) is 17.6 Å². The number of nitrogens with two attached hydrogens (primary N) is 1. The van der Waals surface area contributed by atoms with E-state index in [0.717, 1.165) is 63.0 Å². The van der Waals surface area contributed by atoms with E-state index < -0.39 is 11.9 Å². The molecule has 0 bridgehead atoms. The predicted octanol–water partition coefficient (Wildman–Crippen LogP) is 3.49. The molecule has 1 aromatic heterocycles. The molecule has 1 aromatic rings. The average Bonchev–Trinajstić information content (AvgIpc) is 2.59. The van der Waals surface area contributed by atoms with Crippen molar-refractivity contribution >= 4 is 11.7 Å². The van der Waals surface area contributed by atoms with E-state index in [9.17, 15) is 4.79 Å². The van der Waals surface area contributed by atoms with Gasteiger partial charge in [0.1, 0.15) is 11.9 Å². The standard InChI is InChI=1S/C17H26N6O/c18-16(24)15(22-23-19)9-5-3-1-2-4-8-14-11-10-13-7-6-12-20-17(13)21-14/h10-11,15H,1-9,12H2,(H2,18,24)(H,20,21)/t15-/m0/s1. The van der Waals surface area contributed by atoms with Crippen LogP contribution in [0.4, 0.5) is 5.82 Å². The number of carbonyl (C=O) groups excluding carboxylic acids is 1. The van der Waals surface area contributed by atoms with Crippen LogP contribution >= 0.6 is 0 Å². The smallest absolute Gasteiger partial charge is 0.226 e. The fourth-order valence-corrected chi connectivity index (χ4v) is 3.00. The number of hydrogen-bond donors (Lipinski definition) is 2. The number of aryl methyl sites for hydroxylation is 2. The first kappa shape index (κ1) is 18.1. The van der Waals surface area contributed by atoms with Gasteiger partial charge >= 0.3 is 0 Å². The molecule has 2 heterocycles. The Bertz CT molecular complexity index is 595. The van der Waals surface area contributed by atoms with E-state index >= 15 is 0 Å². The van der Waals surface area contributed by atoms with Gasteiger partial charge in [-0.1, -0.05) is 36.9 Å². The van der Waals surface area contributed by atoms with Crippen LogP contribution in [0.5, 0.6) is 0 Å². The van der Waals surface area contributed by atoms with Gasteiger partial charge < -0.3 is 11.1 Å².